The van der Waals surface area contributed by atoms with Crippen molar-refractivity contribution < 1.29 is 14.3 Å². The third-order valence-corrected chi connectivity index (χ3v) is 3.26. The molecular formula is C14H27NO3S. The van der Waals surface area contributed by atoms with Crippen molar-refractivity contribution >= 4 is 25.0 Å². The molecule has 0 aliphatic rings. The SMILES string of the molecule is CCC(C)(C)CC(=O)N[C@H](COC=O)CC(C)(C)S. The fraction of sp³-hybridized carbons (Fsp3) is 0.857. The molecule has 0 bridgehead atoms. The molecule has 0 unspecified atom stereocenters. The molecule has 0 radical (unpaired) electrons. The Hall–Kier alpha value is -0.710. The molecule has 1 N–H and O–H groups in total. The van der Waals surface area contributed by atoms with E-state index in [1.807, 2.05) is 13.8 Å². The average Bonchev–Trinajstić information content (AvgIpc) is 2.23. The summed E-state index contributed by atoms with van der Waals surface area (Å²) >= 11 is 4.45. The van der Waals surface area contributed by atoms with Crippen LogP contribution in [0.25, 0.3) is 0 Å². The van der Waals surface area contributed by atoms with Crippen LogP contribution in [0.15, 0.2) is 0 Å². The molecule has 0 rings (SSSR count). The molecule has 0 saturated carbocycles. The zero-order valence-electron chi connectivity index (χ0n) is 12.7. The van der Waals surface area contributed by atoms with Gasteiger partial charge in [-0.05, 0) is 11.8 Å². The summed E-state index contributed by atoms with van der Waals surface area (Å²) in [7, 11) is 0. The monoisotopic (exact) mass is 289 g/mol. The van der Waals surface area contributed by atoms with Gasteiger partial charge in [0.15, 0.2) is 0 Å². The molecule has 0 aromatic rings. The van der Waals surface area contributed by atoms with Gasteiger partial charge in [0.2, 0.25) is 5.91 Å². The van der Waals surface area contributed by atoms with Crippen molar-refractivity contribution in [1.82, 2.24) is 5.32 Å². The molecule has 1 atom stereocenters. The summed E-state index contributed by atoms with van der Waals surface area (Å²) in [5.41, 5.74) is -0.0172. The molecule has 0 heterocycles. The van der Waals surface area contributed by atoms with E-state index in [0.717, 1.165) is 6.42 Å². The fourth-order valence-electron chi connectivity index (χ4n) is 1.75. The Kier molecular flexibility index (Phi) is 7.49. The highest BCUT2D eigenvalue weighted by Crippen LogP contribution is 2.25. The van der Waals surface area contributed by atoms with Crippen LogP contribution in [0.3, 0.4) is 0 Å². The van der Waals surface area contributed by atoms with Crippen molar-refractivity contribution in [3.8, 4) is 0 Å². The van der Waals surface area contributed by atoms with E-state index in [4.69, 9.17) is 4.74 Å². The zero-order valence-corrected chi connectivity index (χ0v) is 13.5. The first-order chi connectivity index (χ1) is 8.59. The fourth-order valence-corrected chi connectivity index (χ4v) is 1.97. The number of amides is 1. The maximum absolute atomic E-state index is 12.0. The minimum Gasteiger partial charge on any atom is -0.466 e. The van der Waals surface area contributed by atoms with Gasteiger partial charge in [-0.1, -0.05) is 41.0 Å². The lowest BCUT2D eigenvalue weighted by Gasteiger charge is -2.27. The summed E-state index contributed by atoms with van der Waals surface area (Å²) in [5.74, 6) is -0.0102. The quantitative estimate of drug-likeness (QED) is 0.507. The van der Waals surface area contributed by atoms with Crippen molar-refractivity contribution in [2.24, 2.45) is 5.41 Å². The molecule has 0 aromatic heterocycles. The predicted octanol–water partition coefficient (Wildman–Crippen LogP) is 2.57. The highest BCUT2D eigenvalue weighted by atomic mass is 32.1. The first kappa shape index (κ1) is 18.3. The summed E-state index contributed by atoms with van der Waals surface area (Å²) in [5, 5.41) is 2.93. The number of nitrogens with one attached hydrogen (secondary N) is 1. The van der Waals surface area contributed by atoms with Crippen LogP contribution in [0.4, 0.5) is 0 Å². The molecule has 0 aliphatic carbocycles. The average molecular weight is 289 g/mol. The molecule has 19 heavy (non-hydrogen) atoms. The maximum Gasteiger partial charge on any atom is 0.293 e. The standard InChI is InChI=1S/C14H27NO3S/c1-6-13(2,3)8-12(17)15-11(9-18-10-16)7-14(4,5)19/h10-11,19H,6-9H2,1-5H3,(H,15,17)/t11-/m0/s1. The van der Waals surface area contributed by atoms with Crippen LogP contribution in [0, 0.1) is 5.41 Å². The molecule has 0 spiro atoms. The summed E-state index contributed by atoms with van der Waals surface area (Å²) in [6.45, 7) is 10.7. The van der Waals surface area contributed by atoms with E-state index < -0.39 is 0 Å². The third-order valence-electron chi connectivity index (χ3n) is 3.07. The third kappa shape index (κ3) is 9.82. The second kappa shape index (κ2) is 7.78. The van der Waals surface area contributed by atoms with Gasteiger partial charge in [0.25, 0.3) is 6.47 Å². The van der Waals surface area contributed by atoms with Crippen LogP contribution in [0.5, 0.6) is 0 Å². The number of thiol groups is 1. The van der Waals surface area contributed by atoms with Crippen LogP contribution in [-0.2, 0) is 14.3 Å². The van der Waals surface area contributed by atoms with E-state index in [2.05, 4.69) is 38.7 Å². The molecule has 1 amide bonds. The first-order valence-corrected chi connectivity index (χ1v) is 7.11. The minimum absolute atomic E-state index is 0.0102. The van der Waals surface area contributed by atoms with Gasteiger partial charge in [0, 0.05) is 11.2 Å². The van der Waals surface area contributed by atoms with Crippen LogP contribution in [0.1, 0.15) is 53.9 Å². The van der Waals surface area contributed by atoms with E-state index >= 15 is 0 Å². The molecule has 112 valence electrons. The van der Waals surface area contributed by atoms with E-state index in [0.29, 0.717) is 19.3 Å². The van der Waals surface area contributed by atoms with Crippen LogP contribution in [-0.4, -0.2) is 29.8 Å². The molecule has 0 aliphatic heterocycles. The number of rotatable bonds is 9. The Bertz CT molecular complexity index is 298. The number of carbonyl (C=O) groups excluding carboxylic acids is 2. The summed E-state index contributed by atoms with van der Waals surface area (Å²) in [6, 6.07) is -0.196. The summed E-state index contributed by atoms with van der Waals surface area (Å²) < 4.78 is 4.54. The van der Waals surface area contributed by atoms with Gasteiger partial charge < -0.3 is 10.1 Å². The lowest BCUT2D eigenvalue weighted by atomic mass is 9.86. The highest BCUT2D eigenvalue weighted by molar-refractivity contribution is 7.81. The Morgan fingerprint density at radius 3 is 2.37 bits per heavy atom. The Labute approximate surface area is 122 Å². The maximum atomic E-state index is 12.0. The van der Waals surface area contributed by atoms with Crippen molar-refractivity contribution in [1.29, 1.82) is 0 Å². The van der Waals surface area contributed by atoms with Gasteiger partial charge in [-0.25, -0.2) is 0 Å². The molecular weight excluding hydrogens is 262 g/mol. The largest absolute Gasteiger partial charge is 0.466 e. The smallest absolute Gasteiger partial charge is 0.293 e. The van der Waals surface area contributed by atoms with E-state index in [9.17, 15) is 9.59 Å². The van der Waals surface area contributed by atoms with Crippen LogP contribution in [0.2, 0.25) is 0 Å². The number of hydrogen-bond acceptors (Lipinski definition) is 4. The van der Waals surface area contributed by atoms with E-state index in [1.54, 1.807) is 0 Å². The molecule has 0 saturated heterocycles. The normalized spacial score (nSPS) is 13.8. The van der Waals surface area contributed by atoms with Crippen molar-refractivity contribution in [3.63, 3.8) is 0 Å². The lowest BCUT2D eigenvalue weighted by Crippen LogP contribution is -2.42. The van der Waals surface area contributed by atoms with Gasteiger partial charge in [-0.15, -0.1) is 0 Å². The zero-order chi connectivity index (χ0) is 15.1. The Balaban J connectivity index is 4.46. The predicted molar refractivity (Wildman–Crippen MR) is 80.3 cm³/mol. The molecule has 5 heteroatoms. The minimum atomic E-state index is -0.232. The number of carbonyl (C=O) groups is 2. The van der Waals surface area contributed by atoms with Crippen LogP contribution < -0.4 is 5.32 Å². The van der Waals surface area contributed by atoms with Crippen molar-refractivity contribution in [2.45, 2.75) is 64.7 Å². The van der Waals surface area contributed by atoms with Crippen molar-refractivity contribution in [3.05, 3.63) is 0 Å². The Morgan fingerprint density at radius 1 is 1.37 bits per heavy atom. The second-order valence-electron chi connectivity index (χ2n) is 6.41. The topological polar surface area (TPSA) is 55.4 Å². The summed E-state index contributed by atoms with van der Waals surface area (Å²) in [6.07, 6.45) is 2.05. The van der Waals surface area contributed by atoms with Gasteiger partial charge in [0.05, 0.1) is 6.04 Å². The van der Waals surface area contributed by atoms with Gasteiger partial charge in [-0.3, -0.25) is 9.59 Å². The first-order valence-electron chi connectivity index (χ1n) is 6.66. The number of ether oxygens (including phenoxy) is 1. The lowest BCUT2D eigenvalue weighted by molar-refractivity contribution is -0.131. The van der Waals surface area contributed by atoms with E-state index in [1.165, 1.54) is 0 Å². The Morgan fingerprint density at radius 2 is 1.95 bits per heavy atom. The van der Waals surface area contributed by atoms with E-state index in [-0.39, 0.29) is 28.7 Å². The second-order valence-corrected chi connectivity index (χ2v) is 7.62. The summed E-state index contributed by atoms with van der Waals surface area (Å²) in [4.78, 5) is 22.3. The number of hydrogen-bond donors (Lipinski definition) is 2. The van der Waals surface area contributed by atoms with Crippen molar-refractivity contribution in [2.75, 3.05) is 6.61 Å². The van der Waals surface area contributed by atoms with Gasteiger partial charge in [-0.2, -0.15) is 12.6 Å². The van der Waals surface area contributed by atoms with Gasteiger partial charge in [0.1, 0.15) is 6.61 Å². The highest BCUT2D eigenvalue weighted by Gasteiger charge is 2.25. The molecule has 4 nitrogen and oxygen atoms in total. The molecule has 0 aromatic carbocycles. The van der Waals surface area contributed by atoms with Gasteiger partial charge >= 0.3 is 0 Å². The van der Waals surface area contributed by atoms with Crippen LogP contribution >= 0.6 is 12.6 Å². The molecule has 0 fully saturated rings.